The van der Waals surface area contributed by atoms with E-state index in [-0.39, 0.29) is 21.0 Å². The third-order valence-corrected chi connectivity index (χ3v) is 3.63. The summed E-state index contributed by atoms with van der Waals surface area (Å²) in [5.41, 5.74) is 2.17. The number of hydrogen-bond acceptors (Lipinski definition) is 6. The Labute approximate surface area is 123 Å². The van der Waals surface area contributed by atoms with Crippen LogP contribution in [0.4, 0.5) is 10.1 Å². The zero-order valence-electron chi connectivity index (χ0n) is 10.0. The standard InChI is InChI=1S/C10H8BrFN4O3S/c1-20(18)10-8(15-19-16-10)9(14-17)13-5-2-3-7(12)6(11)4-5/h2-4,17H,1H3,(H,13,14). The molecule has 1 unspecified atom stereocenters. The number of hydroxylamine groups is 1. The lowest BCUT2D eigenvalue weighted by Crippen LogP contribution is -2.22. The lowest BCUT2D eigenvalue weighted by molar-refractivity contribution is 0.234. The van der Waals surface area contributed by atoms with Crippen LogP contribution in [0, 0.1) is 5.82 Å². The summed E-state index contributed by atoms with van der Waals surface area (Å²) in [7, 11) is -1.47. The molecule has 1 atom stereocenters. The van der Waals surface area contributed by atoms with E-state index in [9.17, 15) is 8.60 Å². The van der Waals surface area contributed by atoms with Gasteiger partial charge in [-0.05, 0) is 44.4 Å². The van der Waals surface area contributed by atoms with Gasteiger partial charge in [0, 0.05) is 6.26 Å². The smallest absolute Gasteiger partial charge is 0.202 e. The maximum absolute atomic E-state index is 13.1. The van der Waals surface area contributed by atoms with Crippen molar-refractivity contribution < 1.29 is 18.4 Å². The van der Waals surface area contributed by atoms with Gasteiger partial charge in [0.15, 0.2) is 11.5 Å². The number of benzene rings is 1. The number of amidine groups is 1. The summed E-state index contributed by atoms with van der Waals surface area (Å²) in [4.78, 5) is 4.03. The zero-order chi connectivity index (χ0) is 14.7. The Kier molecular flexibility index (Phi) is 4.57. The molecule has 1 aromatic carbocycles. The fourth-order valence-corrected chi connectivity index (χ4v) is 2.24. The second-order valence-electron chi connectivity index (χ2n) is 3.54. The summed E-state index contributed by atoms with van der Waals surface area (Å²) < 4.78 is 29.2. The van der Waals surface area contributed by atoms with Gasteiger partial charge in [0.2, 0.25) is 5.03 Å². The Bertz CT molecular complexity index is 691. The predicted molar refractivity (Wildman–Crippen MR) is 71.8 cm³/mol. The van der Waals surface area contributed by atoms with Crippen LogP contribution >= 0.6 is 15.9 Å². The average Bonchev–Trinajstić information content (AvgIpc) is 2.89. The SMILES string of the molecule is CS(=O)c1nonc1C(=Nc1ccc(F)c(Br)c1)NO. The minimum atomic E-state index is -1.47. The maximum atomic E-state index is 13.1. The monoisotopic (exact) mass is 362 g/mol. The number of hydrogen-bond donors (Lipinski definition) is 2. The van der Waals surface area contributed by atoms with Crippen molar-refractivity contribution in [1.29, 1.82) is 0 Å². The molecule has 0 spiro atoms. The molecule has 0 bridgehead atoms. The van der Waals surface area contributed by atoms with Crippen molar-refractivity contribution in [3.05, 3.63) is 34.2 Å². The zero-order valence-corrected chi connectivity index (χ0v) is 12.4. The minimum Gasteiger partial charge on any atom is -0.290 e. The first-order chi connectivity index (χ1) is 9.52. The van der Waals surface area contributed by atoms with Crippen LogP contribution in [0.2, 0.25) is 0 Å². The molecule has 0 aliphatic heterocycles. The summed E-state index contributed by atoms with van der Waals surface area (Å²) in [5.74, 6) is -0.559. The number of nitrogens with zero attached hydrogens (tertiary/aromatic N) is 3. The molecular weight excluding hydrogens is 355 g/mol. The normalized spacial score (nSPS) is 13.3. The topological polar surface area (TPSA) is 101 Å². The molecule has 0 amide bonds. The van der Waals surface area contributed by atoms with Crippen LogP contribution in [0.1, 0.15) is 5.69 Å². The summed E-state index contributed by atoms with van der Waals surface area (Å²) >= 11 is 3.02. The van der Waals surface area contributed by atoms with Crippen LogP contribution in [0.3, 0.4) is 0 Å². The Morgan fingerprint density at radius 1 is 1.55 bits per heavy atom. The first-order valence-electron chi connectivity index (χ1n) is 5.13. The van der Waals surface area contributed by atoms with Gasteiger partial charge in [-0.1, -0.05) is 0 Å². The lowest BCUT2D eigenvalue weighted by atomic mass is 10.3. The van der Waals surface area contributed by atoms with E-state index in [4.69, 9.17) is 5.21 Å². The van der Waals surface area contributed by atoms with Crippen LogP contribution in [0.5, 0.6) is 0 Å². The molecule has 0 fully saturated rings. The highest BCUT2D eigenvalue weighted by Gasteiger charge is 2.19. The highest BCUT2D eigenvalue weighted by atomic mass is 79.9. The molecule has 2 rings (SSSR count). The van der Waals surface area contributed by atoms with E-state index in [1.807, 2.05) is 5.48 Å². The number of aromatic nitrogens is 2. The Balaban J connectivity index is 2.45. The first-order valence-corrected chi connectivity index (χ1v) is 7.48. The van der Waals surface area contributed by atoms with Gasteiger partial charge in [0.05, 0.1) is 21.0 Å². The van der Waals surface area contributed by atoms with E-state index in [1.54, 1.807) is 0 Å². The Morgan fingerprint density at radius 2 is 2.30 bits per heavy atom. The molecule has 2 aromatic rings. The van der Waals surface area contributed by atoms with Gasteiger partial charge < -0.3 is 0 Å². The molecule has 0 radical (unpaired) electrons. The molecular formula is C10H8BrFN4O3S. The van der Waals surface area contributed by atoms with Crippen molar-refractivity contribution in [1.82, 2.24) is 15.8 Å². The van der Waals surface area contributed by atoms with Crippen molar-refractivity contribution in [3.8, 4) is 0 Å². The molecule has 2 N–H and O–H groups in total. The van der Waals surface area contributed by atoms with Gasteiger partial charge in [-0.3, -0.25) is 14.9 Å². The lowest BCUT2D eigenvalue weighted by Gasteiger charge is -2.02. The molecule has 0 aliphatic carbocycles. The van der Waals surface area contributed by atoms with Gasteiger partial charge in [-0.15, -0.1) is 0 Å². The quantitative estimate of drug-likeness (QED) is 0.490. The van der Waals surface area contributed by atoms with Gasteiger partial charge in [0.1, 0.15) is 5.82 Å². The van der Waals surface area contributed by atoms with E-state index in [0.717, 1.165) is 0 Å². The van der Waals surface area contributed by atoms with E-state index in [2.05, 4.69) is 35.9 Å². The molecule has 1 aromatic heterocycles. The van der Waals surface area contributed by atoms with Gasteiger partial charge in [-0.2, -0.15) is 0 Å². The van der Waals surface area contributed by atoms with Crippen molar-refractivity contribution in [2.24, 2.45) is 4.99 Å². The largest absolute Gasteiger partial charge is 0.290 e. The van der Waals surface area contributed by atoms with Crippen molar-refractivity contribution in [2.45, 2.75) is 5.03 Å². The summed E-state index contributed by atoms with van der Waals surface area (Å²) in [5, 5.41) is 16.1. The summed E-state index contributed by atoms with van der Waals surface area (Å²) in [6, 6.07) is 4.01. The third kappa shape index (κ3) is 3.08. The van der Waals surface area contributed by atoms with Crippen LogP contribution in [-0.2, 0) is 10.8 Å². The van der Waals surface area contributed by atoms with Crippen LogP contribution in [0.25, 0.3) is 0 Å². The number of aliphatic imine (C=N–C) groups is 1. The first kappa shape index (κ1) is 14.8. The predicted octanol–water partition coefficient (Wildman–Crippen LogP) is 1.77. The van der Waals surface area contributed by atoms with Gasteiger partial charge in [-0.25, -0.2) is 14.0 Å². The second-order valence-corrected chi connectivity index (χ2v) is 5.69. The number of rotatable bonds is 3. The summed E-state index contributed by atoms with van der Waals surface area (Å²) in [6.45, 7) is 0. The fourth-order valence-electron chi connectivity index (χ4n) is 1.33. The molecule has 106 valence electrons. The van der Waals surface area contributed by atoms with Crippen LogP contribution in [0.15, 0.2) is 37.3 Å². The van der Waals surface area contributed by atoms with Crippen molar-refractivity contribution in [3.63, 3.8) is 0 Å². The molecule has 0 aliphatic rings. The highest BCUT2D eigenvalue weighted by molar-refractivity contribution is 9.10. The van der Waals surface area contributed by atoms with Crippen molar-refractivity contribution in [2.75, 3.05) is 6.26 Å². The van der Waals surface area contributed by atoms with Gasteiger partial charge >= 0.3 is 0 Å². The average molecular weight is 363 g/mol. The molecule has 10 heteroatoms. The highest BCUT2D eigenvalue weighted by Crippen LogP contribution is 2.23. The fraction of sp³-hybridized carbons (Fsp3) is 0.100. The van der Waals surface area contributed by atoms with Crippen molar-refractivity contribution >= 4 is 38.3 Å². The number of halogens is 2. The van der Waals surface area contributed by atoms with E-state index >= 15 is 0 Å². The molecule has 0 saturated heterocycles. The molecule has 20 heavy (non-hydrogen) atoms. The maximum Gasteiger partial charge on any atom is 0.202 e. The van der Waals surface area contributed by atoms with E-state index < -0.39 is 16.6 Å². The Morgan fingerprint density at radius 3 is 2.90 bits per heavy atom. The van der Waals surface area contributed by atoms with Crippen LogP contribution in [-0.4, -0.2) is 31.8 Å². The van der Waals surface area contributed by atoms with Gasteiger partial charge in [0.25, 0.3) is 0 Å². The molecule has 0 saturated carbocycles. The number of nitrogens with one attached hydrogen (secondary N) is 1. The van der Waals surface area contributed by atoms with E-state index in [1.165, 1.54) is 24.5 Å². The minimum absolute atomic E-state index is 0.00813. The second kappa shape index (κ2) is 6.20. The van der Waals surface area contributed by atoms with Crippen LogP contribution < -0.4 is 5.48 Å². The van der Waals surface area contributed by atoms with E-state index in [0.29, 0.717) is 5.69 Å². The Hall–Kier alpha value is -1.65. The third-order valence-electron chi connectivity index (χ3n) is 2.21. The molecule has 1 heterocycles. The summed E-state index contributed by atoms with van der Waals surface area (Å²) in [6.07, 6.45) is 1.38. The molecule has 7 nitrogen and oxygen atoms in total.